The van der Waals surface area contributed by atoms with Crippen molar-refractivity contribution < 1.29 is 13.6 Å². The van der Waals surface area contributed by atoms with Crippen LogP contribution in [-0.4, -0.2) is 5.91 Å². The minimum atomic E-state index is -0.545. The van der Waals surface area contributed by atoms with Gasteiger partial charge in [0.1, 0.15) is 17.3 Å². The van der Waals surface area contributed by atoms with Gasteiger partial charge in [0.15, 0.2) is 0 Å². The number of amides is 1. The zero-order valence-electron chi connectivity index (χ0n) is 9.19. The molecule has 0 unspecified atom stereocenters. The van der Waals surface area contributed by atoms with Crippen LogP contribution < -0.4 is 5.73 Å². The van der Waals surface area contributed by atoms with Gasteiger partial charge in [0.25, 0.3) is 0 Å². The molecular formula is C13H9BrFNO2. The van der Waals surface area contributed by atoms with Gasteiger partial charge >= 0.3 is 0 Å². The standard InChI is InChI=1S/C13H9BrFNO2/c14-11-7-8(15)1-4-10(11)12-5-2-9(18-12)3-6-13(16)17/h1-7H,(H2,16,17)/b6-3+. The summed E-state index contributed by atoms with van der Waals surface area (Å²) in [4.78, 5) is 10.6. The molecule has 0 saturated heterocycles. The molecule has 0 aliphatic rings. The molecule has 0 fully saturated rings. The molecule has 18 heavy (non-hydrogen) atoms. The number of carbonyl (C=O) groups excluding carboxylic acids is 1. The second-order valence-electron chi connectivity index (χ2n) is 3.56. The summed E-state index contributed by atoms with van der Waals surface area (Å²) in [7, 11) is 0. The molecule has 1 amide bonds. The molecule has 0 bridgehead atoms. The molecule has 0 aliphatic heterocycles. The predicted molar refractivity (Wildman–Crippen MR) is 70.0 cm³/mol. The van der Waals surface area contributed by atoms with Crippen LogP contribution in [0, 0.1) is 5.82 Å². The monoisotopic (exact) mass is 309 g/mol. The van der Waals surface area contributed by atoms with E-state index in [4.69, 9.17) is 10.2 Å². The summed E-state index contributed by atoms with van der Waals surface area (Å²) in [5.41, 5.74) is 5.71. The molecule has 1 aromatic carbocycles. The third-order valence-electron chi connectivity index (χ3n) is 2.24. The number of primary amides is 1. The Morgan fingerprint density at radius 3 is 2.78 bits per heavy atom. The van der Waals surface area contributed by atoms with Crippen LogP contribution in [-0.2, 0) is 4.79 Å². The molecule has 3 nitrogen and oxygen atoms in total. The summed E-state index contributed by atoms with van der Waals surface area (Å²) in [6.07, 6.45) is 2.69. The van der Waals surface area contributed by atoms with Crippen LogP contribution in [0.3, 0.4) is 0 Å². The number of halogens is 2. The van der Waals surface area contributed by atoms with Gasteiger partial charge in [-0.1, -0.05) is 0 Å². The Morgan fingerprint density at radius 2 is 2.11 bits per heavy atom. The summed E-state index contributed by atoms with van der Waals surface area (Å²) in [5.74, 6) is 0.202. The van der Waals surface area contributed by atoms with Gasteiger partial charge in [-0.3, -0.25) is 4.79 Å². The second-order valence-corrected chi connectivity index (χ2v) is 4.42. The van der Waals surface area contributed by atoms with Crippen molar-refractivity contribution in [1.82, 2.24) is 0 Å². The van der Waals surface area contributed by atoms with Crippen molar-refractivity contribution >= 4 is 27.9 Å². The minimum Gasteiger partial charge on any atom is -0.457 e. The summed E-state index contributed by atoms with van der Waals surface area (Å²) in [6, 6.07) is 7.75. The Kier molecular flexibility index (Phi) is 3.62. The summed E-state index contributed by atoms with van der Waals surface area (Å²) in [5, 5.41) is 0. The van der Waals surface area contributed by atoms with Crippen molar-refractivity contribution in [3.05, 3.63) is 52.5 Å². The van der Waals surface area contributed by atoms with E-state index in [1.165, 1.54) is 24.3 Å². The topological polar surface area (TPSA) is 56.2 Å². The Morgan fingerprint density at radius 1 is 1.33 bits per heavy atom. The van der Waals surface area contributed by atoms with Gasteiger partial charge in [-0.05, 0) is 52.3 Å². The lowest BCUT2D eigenvalue weighted by molar-refractivity contribution is -0.113. The van der Waals surface area contributed by atoms with Crippen molar-refractivity contribution in [3.63, 3.8) is 0 Å². The minimum absolute atomic E-state index is 0.328. The van der Waals surface area contributed by atoms with E-state index in [9.17, 15) is 9.18 Å². The van der Waals surface area contributed by atoms with Crippen molar-refractivity contribution in [1.29, 1.82) is 0 Å². The number of furan rings is 1. The van der Waals surface area contributed by atoms with Gasteiger partial charge in [-0.25, -0.2) is 4.39 Å². The lowest BCUT2D eigenvalue weighted by atomic mass is 10.2. The van der Waals surface area contributed by atoms with Crippen LogP contribution >= 0.6 is 15.9 Å². The van der Waals surface area contributed by atoms with E-state index in [2.05, 4.69) is 15.9 Å². The van der Waals surface area contributed by atoms with E-state index < -0.39 is 5.91 Å². The first-order valence-electron chi connectivity index (χ1n) is 5.09. The Balaban J connectivity index is 2.32. The van der Waals surface area contributed by atoms with E-state index in [-0.39, 0.29) is 5.82 Å². The quantitative estimate of drug-likeness (QED) is 0.884. The predicted octanol–water partition coefficient (Wildman–Crippen LogP) is 3.35. The van der Waals surface area contributed by atoms with Crippen LogP contribution in [0.15, 0.2) is 45.3 Å². The summed E-state index contributed by atoms with van der Waals surface area (Å²) < 4.78 is 19.0. The first-order valence-corrected chi connectivity index (χ1v) is 5.88. The Hall–Kier alpha value is -1.88. The van der Waals surface area contributed by atoms with E-state index in [1.807, 2.05) is 0 Å². The van der Waals surface area contributed by atoms with Crippen molar-refractivity contribution in [2.24, 2.45) is 5.73 Å². The van der Waals surface area contributed by atoms with Crippen LogP contribution in [0.4, 0.5) is 4.39 Å². The van der Waals surface area contributed by atoms with Crippen LogP contribution in [0.25, 0.3) is 17.4 Å². The molecule has 92 valence electrons. The maximum absolute atomic E-state index is 13.0. The van der Waals surface area contributed by atoms with Gasteiger partial charge < -0.3 is 10.2 Å². The third kappa shape index (κ3) is 2.87. The third-order valence-corrected chi connectivity index (χ3v) is 2.89. The lowest BCUT2D eigenvalue weighted by Crippen LogP contribution is -2.04. The van der Waals surface area contributed by atoms with Gasteiger partial charge in [-0.2, -0.15) is 0 Å². The number of hydrogen-bond donors (Lipinski definition) is 1. The number of nitrogens with two attached hydrogens (primary N) is 1. The first-order chi connectivity index (χ1) is 8.56. The van der Waals surface area contributed by atoms with Gasteiger partial charge in [0.2, 0.25) is 5.91 Å². The molecule has 0 radical (unpaired) electrons. The molecule has 0 aliphatic carbocycles. The normalized spacial score (nSPS) is 11.0. The van der Waals surface area contributed by atoms with Gasteiger partial charge in [0.05, 0.1) is 0 Å². The zero-order chi connectivity index (χ0) is 13.1. The summed E-state index contributed by atoms with van der Waals surface area (Å²) in [6.45, 7) is 0. The highest BCUT2D eigenvalue weighted by molar-refractivity contribution is 9.10. The maximum atomic E-state index is 13.0. The fourth-order valence-electron chi connectivity index (χ4n) is 1.44. The Bertz CT molecular complexity index is 619. The first kappa shape index (κ1) is 12.6. The van der Waals surface area contributed by atoms with Crippen molar-refractivity contribution in [3.8, 4) is 11.3 Å². The van der Waals surface area contributed by atoms with Gasteiger partial charge in [0, 0.05) is 16.1 Å². The number of rotatable bonds is 3. The zero-order valence-corrected chi connectivity index (χ0v) is 10.8. The SMILES string of the molecule is NC(=O)/C=C/c1ccc(-c2ccc(F)cc2Br)o1. The Labute approximate surface area is 111 Å². The van der Waals surface area contributed by atoms with Gasteiger partial charge in [-0.15, -0.1) is 0 Å². The van der Waals surface area contributed by atoms with E-state index >= 15 is 0 Å². The largest absolute Gasteiger partial charge is 0.457 e. The molecule has 1 heterocycles. The van der Waals surface area contributed by atoms with Crippen LogP contribution in [0.2, 0.25) is 0 Å². The van der Waals surface area contributed by atoms with E-state index in [1.54, 1.807) is 18.2 Å². The maximum Gasteiger partial charge on any atom is 0.241 e. The highest BCUT2D eigenvalue weighted by Gasteiger charge is 2.08. The lowest BCUT2D eigenvalue weighted by Gasteiger charge is -2.00. The number of benzene rings is 1. The highest BCUT2D eigenvalue weighted by atomic mass is 79.9. The number of carbonyl (C=O) groups is 1. The average Bonchev–Trinajstić information content (AvgIpc) is 2.75. The van der Waals surface area contributed by atoms with E-state index in [0.29, 0.717) is 16.0 Å². The van der Waals surface area contributed by atoms with Crippen LogP contribution in [0.5, 0.6) is 0 Å². The molecule has 0 atom stereocenters. The summed E-state index contributed by atoms with van der Waals surface area (Å²) >= 11 is 3.26. The molecule has 2 N–H and O–H groups in total. The average molecular weight is 310 g/mol. The molecule has 2 rings (SSSR count). The highest BCUT2D eigenvalue weighted by Crippen LogP contribution is 2.30. The molecule has 0 saturated carbocycles. The molecule has 5 heteroatoms. The second kappa shape index (κ2) is 5.18. The van der Waals surface area contributed by atoms with Crippen molar-refractivity contribution in [2.75, 3.05) is 0 Å². The molecular weight excluding hydrogens is 301 g/mol. The van der Waals surface area contributed by atoms with Crippen molar-refractivity contribution in [2.45, 2.75) is 0 Å². The molecule has 0 spiro atoms. The smallest absolute Gasteiger partial charge is 0.241 e. The van der Waals surface area contributed by atoms with E-state index in [0.717, 1.165) is 5.56 Å². The van der Waals surface area contributed by atoms with Crippen LogP contribution in [0.1, 0.15) is 5.76 Å². The number of hydrogen-bond acceptors (Lipinski definition) is 2. The fraction of sp³-hybridized carbons (Fsp3) is 0. The molecule has 1 aromatic heterocycles. The molecule has 2 aromatic rings. The fourth-order valence-corrected chi connectivity index (χ4v) is 1.99.